The predicted molar refractivity (Wildman–Crippen MR) is 83.3 cm³/mol. The van der Waals surface area contributed by atoms with Crippen molar-refractivity contribution >= 4 is 10.9 Å². The lowest BCUT2D eigenvalue weighted by molar-refractivity contribution is 0.432. The molecule has 0 amide bonds. The summed E-state index contributed by atoms with van der Waals surface area (Å²) in [4.78, 5) is 4.43. The average Bonchev–Trinajstić information content (AvgIpc) is 3.15. The third-order valence-corrected chi connectivity index (χ3v) is 3.68. The summed E-state index contributed by atoms with van der Waals surface area (Å²) in [5.74, 6) is 1.19. The molecule has 0 unspecified atom stereocenters. The Kier molecular flexibility index (Phi) is 2.72. The number of phenolic OH excluding ortho intramolecular Hbond substituents is 1. The summed E-state index contributed by atoms with van der Waals surface area (Å²) in [6, 6.07) is 14.8. The first-order chi connectivity index (χ1) is 10.7. The summed E-state index contributed by atoms with van der Waals surface area (Å²) >= 11 is 0. The van der Waals surface area contributed by atoms with E-state index >= 15 is 0 Å². The number of hydrogen-bond donors (Lipinski definition) is 1. The third-order valence-electron chi connectivity index (χ3n) is 3.68. The van der Waals surface area contributed by atoms with Crippen LogP contribution in [0.3, 0.4) is 0 Å². The molecule has 0 aliphatic heterocycles. The first-order valence-electron chi connectivity index (χ1n) is 6.89. The normalized spacial score (nSPS) is 11.1. The van der Waals surface area contributed by atoms with Crippen molar-refractivity contribution in [3.63, 3.8) is 0 Å². The average molecular weight is 291 g/mol. The molecule has 0 saturated carbocycles. The van der Waals surface area contributed by atoms with Crippen molar-refractivity contribution in [2.45, 2.75) is 0 Å². The molecule has 2 aromatic heterocycles. The number of nitrogens with zero attached hydrogens (tertiary/aromatic N) is 3. The van der Waals surface area contributed by atoms with Crippen LogP contribution in [-0.4, -0.2) is 19.8 Å². The highest BCUT2D eigenvalue weighted by molar-refractivity contribution is 5.84. The van der Waals surface area contributed by atoms with Crippen LogP contribution in [0.1, 0.15) is 0 Å². The molecule has 5 heteroatoms. The van der Waals surface area contributed by atoms with Gasteiger partial charge < -0.3 is 14.2 Å². The monoisotopic (exact) mass is 291 g/mol. The van der Waals surface area contributed by atoms with Crippen LogP contribution in [0.5, 0.6) is 5.75 Å². The summed E-state index contributed by atoms with van der Waals surface area (Å²) in [5, 5.41) is 14.5. The van der Waals surface area contributed by atoms with E-state index in [4.69, 9.17) is 4.52 Å². The minimum atomic E-state index is 0.206. The molecule has 2 aromatic carbocycles. The van der Waals surface area contributed by atoms with Crippen LogP contribution in [0, 0.1) is 0 Å². The summed E-state index contributed by atoms with van der Waals surface area (Å²) in [6.07, 6.45) is 2.02. The zero-order valence-corrected chi connectivity index (χ0v) is 11.9. The molecule has 22 heavy (non-hydrogen) atoms. The smallest absolute Gasteiger partial charge is 0.258 e. The Balaban J connectivity index is 1.74. The second kappa shape index (κ2) is 4.73. The van der Waals surface area contributed by atoms with Crippen LogP contribution in [0.25, 0.3) is 33.7 Å². The Labute approximate surface area is 126 Å². The van der Waals surface area contributed by atoms with Crippen LogP contribution in [-0.2, 0) is 7.05 Å². The Morgan fingerprint density at radius 2 is 1.77 bits per heavy atom. The third kappa shape index (κ3) is 2.03. The van der Waals surface area contributed by atoms with Gasteiger partial charge in [0.25, 0.3) is 5.89 Å². The first kappa shape index (κ1) is 12.6. The number of hydrogen-bond acceptors (Lipinski definition) is 4. The van der Waals surface area contributed by atoms with Crippen LogP contribution in [0.4, 0.5) is 0 Å². The lowest BCUT2D eigenvalue weighted by Crippen LogP contribution is -1.85. The van der Waals surface area contributed by atoms with Gasteiger partial charge in [-0.1, -0.05) is 5.16 Å². The van der Waals surface area contributed by atoms with Crippen molar-refractivity contribution < 1.29 is 9.63 Å². The molecule has 0 saturated heterocycles. The van der Waals surface area contributed by atoms with Gasteiger partial charge in [-0.05, 0) is 48.5 Å². The minimum Gasteiger partial charge on any atom is -0.508 e. The molecule has 4 rings (SSSR count). The molecule has 0 aliphatic carbocycles. The van der Waals surface area contributed by atoms with Gasteiger partial charge in [-0.2, -0.15) is 4.98 Å². The zero-order chi connectivity index (χ0) is 15.1. The summed E-state index contributed by atoms with van der Waals surface area (Å²) in [7, 11) is 2.01. The lowest BCUT2D eigenvalue weighted by Gasteiger charge is -1.98. The number of aromatic hydroxyl groups is 1. The van der Waals surface area contributed by atoms with E-state index in [1.54, 1.807) is 24.3 Å². The van der Waals surface area contributed by atoms with Crippen molar-refractivity contribution in [2.75, 3.05) is 0 Å². The highest BCUT2D eigenvalue weighted by Gasteiger charge is 2.11. The van der Waals surface area contributed by atoms with Gasteiger partial charge >= 0.3 is 0 Å². The summed E-state index contributed by atoms with van der Waals surface area (Å²) < 4.78 is 7.38. The lowest BCUT2D eigenvalue weighted by atomic mass is 10.1. The first-order valence-corrected chi connectivity index (χ1v) is 6.89. The van der Waals surface area contributed by atoms with E-state index in [0.717, 1.165) is 22.0 Å². The molecule has 5 nitrogen and oxygen atoms in total. The number of aryl methyl sites for hydroxylation is 1. The summed E-state index contributed by atoms with van der Waals surface area (Å²) in [5.41, 5.74) is 2.84. The molecule has 0 spiro atoms. The van der Waals surface area contributed by atoms with Gasteiger partial charge in [-0.3, -0.25) is 0 Å². The molecule has 0 bridgehead atoms. The quantitative estimate of drug-likeness (QED) is 0.613. The molecule has 4 aromatic rings. The largest absolute Gasteiger partial charge is 0.508 e. The van der Waals surface area contributed by atoms with E-state index in [9.17, 15) is 5.11 Å². The fraction of sp³-hybridized carbons (Fsp3) is 0.0588. The van der Waals surface area contributed by atoms with E-state index in [0.29, 0.717) is 11.7 Å². The van der Waals surface area contributed by atoms with E-state index in [2.05, 4.69) is 20.8 Å². The zero-order valence-electron chi connectivity index (χ0n) is 11.9. The van der Waals surface area contributed by atoms with Gasteiger partial charge in [0.2, 0.25) is 5.82 Å². The number of rotatable bonds is 2. The maximum absolute atomic E-state index is 9.32. The SMILES string of the molecule is Cn1ccc2cc(-c3noc(-c4ccc(O)cc4)n3)ccc21. The fourth-order valence-electron chi connectivity index (χ4n) is 2.48. The van der Waals surface area contributed by atoms with Gasteiger partial charge in [0.05, 0.1) is 0 Å². The van der Waals surface area contributed by atoms with Gasteiger partial charge in [0, 0.05) is 35.3 Å². The Bertz CT molecular complexity index is 952. The Morgan fingerprint density at radius 1 is 1.00 bits per heavy atom. The fourth-order valence-corrected chi connectivity index (χ4v) is 2.48. The van der Waals surface area contributed by atoms with Gasteiger partial charge in [0.15, 0.2) is 0 Å². The second-order valence-electron chi connectivity index (χ2n) is 5.17. The Morgan fingerprint density at radius 3 is 2.59 bits per heavy atom. The highest BCUT2D eigenvalue weighted by atomic mass is 16.5. The molecular weight excluding hydrogens is 278 g/mol. The summed E-state index contributed by atoms with van der Waals surface area (Å²) in [6.45, 7) is 0. The van der Waals surface area contributed by atoms with Crippen molar-refractivity contribution in [1.29, 1.82) is 0 Å². The van der Waals surface area contributed by atoms with Crippen molar-refractivity contribution in [3.8, 4) is 28.6 Å². The van der Waals surface area contributed by atoms with Crippen LogP contribution in [0.2, 0.25) is 0 Å². The number of fused-ring (bicyclic) bond motifs is 1. The molecule has 0 radical (unpaired) electrons. The second-order valence-corrected chi connectivity index (χ2v) is 5.17. The van der Waals surface area contributed by atoms with E-state index in [1.807, 2.05) is 31.4 Å². The molecular formula is C17H13N3O2. The molecule has 108 valence electrons. The number of benzene rings is 2. The van der Waals surface area contributed by atoms with Gasteiger partial charge in [0.1, 0.15) is 5.75 Å². The minimum absolute atomic E-state index is 0.206. The maximum atomic E-state index is 9.32. The Hall–Kier alpha value is -3.08. The molecule has 0 fully saturated rings. The highest BCUT2D eigenvalue weighted by Crippen LogP contribution is 2.26. The number of aromatic nitrogens is 3. The topological polar surface area (TPSA) is 64.1 Å². The van der Waals surface area contributed by atoms with Crippen molar-refractivity contribution in [3.05, 3.63) is 54.7 Å². The van der Waals surface area contributed by atoms with Crippen LogP contribution < -0.4 is 0 Å². The van der Waals surface area contributed by atoms with E-state index in [-0.39, 0.29) is 5.75 Å². The molecule has 2 heterocycles. The van der Waals surface area contributed by atoms with Crippen molar-refractivity contribution in [1.82, 2.24) is 14.7 Å². The predicted octanol–water partition coefficient (Wildman–Crippen LogP) is 3.60. The standard InChI is InChI=1S/C17H13N3O2/c1-20-9-8-12-10-13(4-7-15(12)20)16-18-17(22-19-16)11-2-5-14(21)6-3-11/h2-10,21H,1H3. The van der Waals surface area contributed by atoms with Crippen LogP contribution >= 0.6 is 0 Å². The van der Waals surface area contributed by atoms with Gasteiger partial charge in [-0.15, -0.1) is 0 Å². The molecule has 1 N–H and O–H groups in total. The number of phenols is 1. The van der Waals surface area contributed by atoms with E-state index < -0.39 is 0 Å². The van der Waals surface area contributed by atoms with Gasteiger partial charge in [-0.25, -0.2) is 0 Å². The molecule has 0 aliphatic rings. The molecule has 0 atom stereocenters. The maximum Gasteiger partial charge on any atom is 0.258 e. The van der Waals surface area contributed by atoms with Crippen molar-refractivity contribution in [2.24, 2.45) is 7.05 Å². The van der Waals surface area contributed by atoms with E-state index in [1.165, 1.54) is 0 Å². The van der Waals surface area contributed by atoms with Crippen LogP contribution in [0.15, 0.2) is 59.3 Å².